The number of aliphatic hydroxyl groups excluding tert-OH is 1. The van der Waals surface area contributed by atoms with E-state index < -0.39 is 24.5 Å². The third-order valence-electron chi connectivity index (χ3n) is 9.37. The Balaban J connectivity index is 1.19. The lowest BCUT2D eigenvalue weighted by molar-refractivity contribution is -0.263. The van der Waals surface area contributed by atoms with Gasteiger partial charge in [0, 0.05) is 17.2 Å². The summed E-state index contributed by atoms with van der Waals surface area (Å²) >= 11 is 0. The van der Waals surface area contributed by atoms with Crippen molar-refractivity contribution < 1.29 is 24.2 Å². The van der Waals surface area contributed by atoms with Crippen molar-refractivity contribution in [3.05, 3.63) is 168 Å². The average Bonchev–Trinajstić information content (AvgIpc) is 3.57. The molecule has 5 atom stereocenters. The summed E-state index contributed by atoms with van der Waals surface area (Å²) in [5.74, 6) is -0.321. The number of amides is 2. The Bertz CT molecular complexity index is 2080. The third kappa shape index (κ3) is 7.91. The number of Topliss-reactive ketones (excluding diaryl/α,β-unsaturated/α-hetero) is 1. The molecule has 0 saturated carbocycles. The number of hydrogen-bond donors (Lipinski definition) is 3. The number of carbonyl (C=O) groups excluding carboxylic acids is 2. The van der Waals surface area contributed by atoms with Crippen molar-refractivity contribution in [2.45, 2.75) is 57.0 Å². The number of nitrogens with zero attached hydrogens (tertiary/aromatic N) is 2. The molecule has 1 aliphatic rings. The minimum absolute atomic E-state index is 0.0528. The highest BCUT2D eigenvalue weighted by Gasteiger charge is 2.42. The monoisotopic (exact) mass is 680 g/mol. The fraction of sp³-hybridized carbons (Fsp3) is 0.214. The van der Waals surface area contributed by atoms with Crippen LogP contribution in [0.4, 0.5) is 10.5 Å². The lowest BCUT2D eigenvalue weighted by Gasteiger charge is -2.43. The molecule has 1 aromatic heterocycles. The van der Waals surface area contributed by atoms with Crippen molar-refractivity contribution in [3.8, 4) is 0 Å². The Morgan fingerprint density at radius 2 is 1.49 bits per heavy atom. The van der Waals surface area contributed by atoms with Gasteiger partial charge in [-0.25, -0.2) is 9.78 Å². The van der Waals surface area contributed by atoms with E-state index in [1.807, 2.05) is 116 Å². The SMILES string of the molecule is CC(=O)[C@@H](Cc1ccccc1)NC(=O)Nc1cccc(C2O[C@H](Cn3cnc4ccccc43)[C@@H](c3ccccc3)[C@H](c3ccc(CO)cc3)O2)c1. The maximum atomic E-state index is 13.2. The van der Waals surface area contributed by atoms with Gasteiger partial charge in [0.2, 0.25) is 0 Å². The smallest absolute Gasteiger partial charge is 0.319 e. The predicted octanol–water partition coefficient (Wildman–Crippen LogP) is 7.49. The van der Waals surface area contributed by atoms with Crippen molar-refractivity contribution in [1.82, 2.24) is 14.9 Å². The van der Waals surface area contributed by atoms with E-state index in [1.54, 1.807) is 6.07 Å². The van der Waals surface area contributed by atoms with Crippen molar-refractivity contribution in [2.75, 3.05) is 5.32 Å². The standard InChI is InChI=1S/C42H40N4O5/c1-28(48)36(23-29-11-4-2-5-12-29)45-42(49)44-34-16-10-15-33(24-34)41-50-38(25-46-27-43-35-17-8-9-18-37(35)46)39(31-13-6-3-7-14-31)40(51-41)32-21-19-30(26-47)20-22-32/h2-22,24,27,36,38-41,47H,23,25-26H2,1H3,(H2,44,45,49)/t36-,38-,39-,40+,41?/m1/s1. The molecule has 2 heterocycles. The molecule has 1 saturated heterocycles. The Kier molecular flexibility index (Phi) is 10.3. The van der Waals surface area contributed by atoms with Crippen LogP contribution in [0.5, 0.6) is 0 Å². The van der Waals surface area contributed by atoms with Gasteiger partial charge in [0.25, 0.3) is 0 Å². The number of nitrogens with one attached hydrogen (secondary N) is 2. The maximum Gasteiger partial charge on any atom is 0.319 e. The van der Waals surface area contributed by atoms with Gasteiger partial charge < -0.3 is 29.8 Å². The number of aliphatic hydroxyl groups is 1. The summed E-state index contributed by atoms with van der Waals surface area (Å²) < 4.78 is 15.9. The van der Waals surface area contributed by atoms with Crippen LogP contribution < -0.4 is 10.6 Å². The molecule has 6 aromatic rings. The van der Waals surface area contributed by atoms with Gasteiger partial charge in [-0.2, -0.15) is 0 Å². The van der Waals surface area contributed by atoms with Crippen LogP contribution in [-0.4, -0.2) is 38.6 Å². The van der Waals surface area contributed by atoms with Crippen LogP contribution in [0.25, 0.3) is 11.0 Å². The average molecular weight is 681 g/mol. The molecule has 0 aliphatic carbocycles. The Morgan fingerprint density at radius 1 is 0.784 bits per heavy atom. The lowest BCUT2D eigenvalue weighted by Crippen LogP contribution is -2.43. The van der Waals surface area contributed by atoms with Gasteiger partial charge in [-0.05, 0) is 59.9 Å². The number of hydrogen-bond acceptors (Lipinski definition) is 6. The molecule has 51 heavy (non-hydrogen) atoms. The van der Waals surface area contributed by atoms with Crippen LogP contribution in [0.3, 0.4) is 0 Å². The molecule has 7 rings (SSSR count). The van der Waals surface area contributed by atoms with Gasteiger partial charge >= 0.3 is 6.03 Å². The summed E-state index contributed by atoms with van der Waals surface area (Å²) in [6, 6.07) is 41.9. The van der Waals surface area contributed by atoms with E-state index in [4.69, 9.17) is 9.47 Å². The second kappa shape index (κ2) is 15.5. The number of imidazole rings is 1. The van der Waals surface area contributed by atoms with Crippen LogP contribution >= 0.6 is 0 Å². The summed E-state index contributed by atoms with van der Waals surface area (Å²) in [6.45, 7) is 1.94. The first-order valence-corrected chi connectivity index (χ1v) is 17.1. The van der Waals surface area contributed by atoms with E-state index in [9.17, 15) is 14.7 Å². The lowest BCUT2D eigenvalue weighted by atomic mass is 9.83. The fourth-order valence-corrected chi connectivity index (χ4v) is 6.75. The number of carbonyl (C=O) groups is 2. The number of anilines is 1. The fourth-order valence-electron chi connectivity index (χ4n) is 6.75. The number of aromatic nitrogens is 2. The number of rotatable bonds is 11. The normalized spacial score (nSPS) is 19.3. The van der Waals surface area contributed by atoms with Gasteiger partial charge in [0.1, 0.15) is 0 Å². The molecule has 258 valence electrons. The summed E-state index contributed by atoms with van der Waals surface area (Å²) in [4.78, 5) is 30.2. The number of ketones is 1. The molecule has 1 unspecified atom stereocenters. The predicted molar refractivity (Wildman–Crippen MR) is 196 cm³/mol. The van der Waals surface area contributed by atoms with Crippen LogP contribution in [0, 0.1) is 0 Å². The van der Waals surface area contributed by atoms with Gasteiger partial charge in [-0.3, -0.25) is 4.79 Å². The highest BCUT2D eigenvalue weighted by atomic mass is 16.7. The van der Waals surface area contributed by atoms with Crippen LogP contribution in [0.2, 0.25) is 0 Å². The third-order valence-corrected chi connectivity index (χ3v) is 9.37. The molecular weight excluding hydrogens is 640 g/mol. The van der Waals surface area contributed by atoms with Gasteiger partial charge in [-0.15, -0.1) is 0 Å². The topological polar surface area (TPSA) is 115 Å². The first-order valence-electron chi connectivity index (χ1n) is 17.1. The zero-order valence-corrected chi connectivity index (χ0v) is 28.3. The second-order valence-electron chi connectivity index (χ2n) is 12.9. The molecule has 1 aliphatic heterocycles. The zero-order valence-electron chi connectivity index (χ0n) is 28.3. The molecule has 0 spiro atoms. The number of para-hydroxylation sites is 2. The zero-order chi connectivity index (χ0) is 35.2. The largest absolute Gasteiger partial charge is 0.392 e. The van der Waals surface area contributed by atoms with E-state index in [-0.39, 0.29) is 24.4 Å². The molecule has 3 N–H and O–H groups in total. The summed E-state index contributed by atoms with van der Waals surface area (Å²) in [5, 5.41) is 15.5. The number of urea groups is 1. The molecule has 5 aromatic carbocycles. The molecule has 2 amide bonds. The summed E-state index contributed by atoms with van der Waals surface area (Å²) in [5.41, 5.74) is 6.97. The highest BCUT2D eigenvalue weighted by molar-refractivity contribution is 5.93. The number of benzene rings is 5. The van der Waals surface area contributed by atoms with Gasteiger partial charge in [0.15, 0.2) is 12.1 Å². The van der Waals surface area contributed by atoms with Crippen molar-refractivity contribution >= 4 is 28.5 Å². The molecular formula is C42H40N4O5. The minimum atomic E-state index is -0.778. The van der Waals surface area contributed by atoms with Crippen molar-refractivity contribution in [1.29, 1.82) is 0 Å². The van der Waals surface area contributed by atoms with Crippen LogP contribution in [0.1, 0.15) is 53.1 Å². The Hall–Kier alpha value is -5.61. The van der Waals surface area contributed by atoms with E-state index in [1.165, 1.54) is 6.92 Å². The first kappa shape index (κ1) is 33.9. The van der Waals surface area contributed by atoms with E-state index >= 15 is 0 Å². The number of ether oxygens (including phenoxy) is 2. The summed E-state index contributed by atoms with van der Waals surface area (Å²) in [6.07, 6.45) is 0.707. The van der Waals surface area contributed by atoms with E-state index in [0.29, 0.717) is 18.7 Å². The quantitative estimate of drug-likeness (QED) is 0.131. The van der Waals surface area contributed by atoms with Crippen LogP contribution in [-0.2, 0) is 33.8 Å². The Labute approximate surface area is 296 Å². The summed E-state index contributed by atoms with van der Waals surface area (Å²) in [7, 11) is 0. The molecule has 9 nitrogen and oxygen atoms in total. The number of fused-ring (bicyclic) bond motifs is 1. The van der Waals surface area contributed by atoms with Crippen LogP contribution in [0.15, 0.2) is 140 Å². The molecule has 0 bridgehead atoms. The van der Waals surface area contributed by atoms with E-state index in [0.717, 1.165) is 38.9 Å². The van der Waals surface area contributed by atoms with Gasteiger partial charge in [-0.1, -0.05) is 109 Å². The molecule has 0 radical (unpaired) electrons. The minimum Gasteiger partial charge on any atom is -0.392 e. The molecule has 9 heteroatoms. The molecule has 1 fully saturated rings. The Morgan fingerprint density at radius 3 is 2.24 bits per heavy atom. The van der Waals surface area contributed by atoms with Crippen molar-refractivity contribution in [2.24, 2.45) is 0 Å². The highest BCUT2D eigenvalue weighted by Crippen LogP contribution is 2.47. The van der Waals surface area contributed by atoms with Crippen molar-refractivity contribution in [3.63, 3.8) is 0 Å². The van der Waals surface area contributed by atoms with Gasteiger partial charge in [0.05, 0.1) is 48.8 Å². The maximum absolute atomic E-state index is 13.2. The second-order valence-corrected chi connectivity index (χ2v) is 12.9. The van der Waals surface area contributed by atoms with E-state index in [2.05, 4.69) is 38.4 Å². The first-order chi connectivity index (χ1) is 24.9.